The number of benzene rings is 2. The van der Waals surface area contributed by atoms with Gasteiger partial charge in [-0.25, -0.2) is 4.79 Å². The Morgan fingerprint density at radius 1 is 1.11 bits per heavy atom. The lowest BCUT2D eigenvalue weighted by Crippen LogP contribution is -2.20. The van der Waals surface area contributed by atoms with Gasteiger partial charge in [-0.2, -0.15) is 0 Å². The summed E-state index contributed by atoms with van der Waals surface area (Å²) in [6.07, 6.45) is 3.72. The summed E-state index contributed by atoms with van der Waals surface area (Å²) >= 11 is 0. The van der Waals surface area contributed by atoms with Crippen LogP contribution in [-0.4, -0.2) is 31.7 Å². The maximum Gasteiger partial charge on any atom is 0.331 e. The van der Waals surface area contributed by atoms with E-state index < -0.39 is 5.97 Å². The predicted octanol–water partition coefficient (Wildman–Crippen LogP) is 3.66. The molecule has 1 N–H and O–H groups in total. The monoisotopic (exact) mass is 381 g/mol. The second-order valence-electron chi connectivity index (χ2n) is 6.49. The molecule has 0 aromatic heterocycles. The Morgan fingerprint density at radius 2 is 1.89 bits per heavy atom. The molecule has 2 aromatic rings. The number of carbonyl (C=O) groups excluding carboxylic acids is 2. The van der Waals surface area contributed by atoms with Crippen molar-refractivity contribution in [3.05, 3.63) is 59.2 Å². The molecule has 0 bridgehead atoms. The number of rotatable bonds is 5. The summed E-state index contributed by atoms with van der Waals surface area (Å²) in [5, 5.41) is 2.75. The first-order valence-electron chi connectivity index (χ1n) is 9.13. The molecule has 0 fully saturated rings. The van der Waals surface area contributed by atoms with Crippen molar-refractivity contribution in [3.63, 3.8) is 0 Å². The minimum atomic E-state index is -0.594. The molecule has 1 heterocycles. The Kier molecular flexibility index (Phi) is 6.32. The molecule has 0 saturated carbocycles. The van der Waals surface area contributed by atoms with Gasteiger partial charge in [-0.1, -0.05) is 18.2 Å². The lowest BCUT2D eigenvalue weighted by atomic mass is 10.1. The van der Waals surface area contributed by atoms with Crippen molar-refractivity contribution in [1.29, 1.82) is 0 Å². The van der Waals surface area contributed by atoms with Gasteiger partial charge in [0.05, 0.1) is 13.2 Å². The van der Waals surface area contributed by atoms with Gasteiger partial charge in [0.2, 0.25) is 0 Å². The fourth-order valence-electron chi connectivity index (χ4n) is 2.71. The lowest BCUT2D eigenvalue weighted by Gasteiger charge is -2.10. The molecule has 1 amide bonds. The van der Waals surface area contributed by atoms with E-state index in [1.165, 1.54) is 6.08 Å². The predicted molar refractivity (Wildman–Crippen MR) is 107 cm³/mol. The molecule has 1 aliphatic rings. The van der Waals surface area contributed by atoms with E-state index in [2.05, 4.69) is 5.32 Å². The van der Waals surface area contributed by atoms with Crippen LogP contribution in [0.2, 0.25) is 0 Å². The Morgan fingerprint density at radius 3 is 2.71 bits per heavy atom. The highest BCUT2D eigenvalue weighted by Crippen LogP contribution is 2.30. The molecule has 0 spiro atoms. The molecule has 6 heteroatoms. The summed E-state index contributed by atoms with van der Waals surface area (Å²) < 4.78 is 16.2. The summed E-state index contributed by atoms with van der Waals surface area (Å²) in [7, 11) is 0. The third kappa shape index (κ3) is 5.13. The molecule has 6 nitrogen and oxygen atoms in total. The summed E-state index contributed by atoms with van der Waals surface area (Å²) in [6.45, 7) is 4.76. The van der Waals surface area contributed by atoms with E-state index in [4.69, 9.17) is 14.2 Å². The first kappa shape index (κ1) is 19.5. The number of fused-ring (bicyclic) bond motifs is 1. The Labute approximate surface area is 164 Å². The number of anilines is 1. The van der Waals surface area contributed by atoms with Gasteiger partial charge in [0, 0.05) is 18.2 Å². The van der Waals surface area contributed by atoms with Gasteiger partial charge in [0.15, 0.2) is 18.1 Å². The first-order valence-corrected chi connectivity index (χ1v) is 9.13. The van der Waals surface area contributed by atoms with Crippen LogP contribution in [0.25, 0.3) is 6.08 Å². The molecular formula is C22H23NO5. The average molecular weight is 381 g/mol. The zero-order chi connectivity index (χ0) is 19.9. The lowest BCUT2D eigenvalue weighted by molar-refractivity contribution is -0.142. The molecule has 0 radical (unpaired) electrons. The second-order valence-corrected chi connectivity index (χ2v) is 6.49. The molecule has 2 aromatic carbocycles. The van der Waals surface area contributed by atoms with Crippen LogP contribution in [0.5, 0.6) is 11.5 Å². The minimum absolute atomic E-state index is 0.350. The molecule has 0 aliphatic carbocycles. The van der Waals surface area contributed by atoms with Crippen molar-refractivity contribution in [3.8, 4) is 11.5 Å². The maximum absolute atomic E-state index is 12.0. The van der Waals surface area contributed by atoms with Crippen molar-refractivity contribution < 1.29 is 23.8 Å². The molecule has 28 heavy (non-hydrogen) atoms. The zero-order valence-electron chi connectivity index (χ0n) is 16.0. The van der Waals surface area contributed by atoms with Gasteiger partial charge in [-0.05, 0) is 54.8 Å². The molecule has 1 aliphatic heterocycles. The molecule has 0 atom stereocenters. The standard InChI is InChI=1S/C22H23NO5/c1-15-5-3-6-18(16(15)2)23-21(24)14-28-22(25)10-8-17-7-9-19-20(13-17)27-12-4-11-26-19/h3,5-10,13H,4,11-12,14H2,1-2H3,(H,23,24)/b10-8+. The van der Waals surface area contributed by atoms with Crippen molar-refractivity contribution in [2.24, 2.45) is 0 Å². The van der Waals surface area contributed by atoms with Crippen molar-refractivity contribution in [2.45, 2.75) is 20.3 Å². The van der Waals surface area contributed by atoms with Crippen molar-refractivity contribution >= 4 is 23.6 Å². The van der Waals surface area contributed by atoms with Crippen LogP contribution < -0.4 is 14.8 Å². The molecular weight excluding hydrogens is 358 g/mol. The van der Waals surface area contributed by atoms with Crippen LogP contribution in [-0.2, 0) is 14.3 Å². The SMILES string of the molecule is Cc1cccc(NC(=O)COC(=O)/C=C/c2ccc3c(c2)OCCCO3)c1C. The minimum Gasteiger partial charge on any atom is -0.490 e. The van der Waals surface area contributed by atoms with E-state index >= 15 is 0 Å². The number of amides is 1. The van der Waals surface area contributed by atoms with E-state index in [1.807, 2.05) is 44.2 Å². The van der Waals surface area contributed by atoms with Gasteiger partial charge in [-0.15, -0.1) is 0 Å². The number of ether oxygens (including phenoxy) is 3. The van der Waals surface area contributed by atoms with Gasteiger partial charge < -0.3 is 19.5 Å². The van der Waals surface area contributed by atoms with Gasteiger partial charge in [-0.3, -0.25) is 4.79 Å². The second kappa shape index (κ2) is 9.08. The van der Waals surface area contributed by atoms with E-state index in [1.54, 1.807) is 12.1 Å². The molecule has 0 unspecified atom stereocenters. The number of hydrogen-bond acceptors (Lipinski definition) is 5. The molecule has 0 saturated heterocycles. The zero-order valence-corrected chi connectivity index (χ0v) is 16.0. The van der Waals surface area contributed by atoms with Crippen LogP contribution >= 0.6 is 0 Å². The fraction of sp³-hybridized carbons (Fsp3) is 0.273. The highest BCUT2D eigenvalue weighted by molar-refractivity contribution is 5.95. The number of carbonyl (C=O) groups is 2. The van der Waals surface area contributed by atoms with Crippen LogP contribution in [0.15, 0.2) is 42.5 Å². The van der Waals surface area contributed by atoms with E-state index in [0.29, 0.717) is 30.4 Å². The number of esters is 1. The Balaban J connectivity index is 1.52. The van der Waals surface area contributed by atoms with Crippen molar-refractivity contribution in [2.75, 3.05) is 25.1 Å². The Bertz CT molecular complexity index is 904. The number of aryl methyl sites for hydroxylation is 1. The largest absolute Gasteiger partial charge is 0.490 e. The fourth-order valence-corrected chi connectivity index (χ4v) is 2.71. The topological polar surface area (TPSA) is 73.9 Å². The van der Waals surface area contributed by atoms with Crippen LogP contribution in [0.3, 0.4) is 0 Å². The quantitative estimate of drug-likeness (QED) is 0.632. The highest BCUT2D eigenvalue weighted by atomic mass is 16.5. The number of hydrogen-bond donors (Lipinski definition) is 1. The summed E-state index contributed by atoms with van der Waals surface area (Å²) in [5.74, 6) is 0.371. The summed E-state index contributed by atoms with van der Waals surface area (Å²) in [6, 6.07) is 11.1. The number of nitrogens with one attached hydrogen (secondary N) is 1. The third-order valence-corrected chi connectivity index (χ3v) is 4.41. The first-order chi connectivity index (χ1) is 13.5. The van der Waals surface area contributed by atoms with Gasteiger partial charge in [0.25, 0.3) is 5.91 Å². The average Bonchev–Trinajstić information content (AvgIpc) is 2.93. The maximum atomic E-state index is 12.0. The smallest absolute Gasteiger partial charge is 0.331 e. The Hall–Kier alpha value is -3.28. The summed E-state index contributed by atoms with van der Waals surface area (Å²) in [5.41, 5.74) is 3.55. The third-order valence-electron chi connectivity index (χ3n) is 4.41. The molecule has 3 rings (SSSR count). The van der Waals surface area contributed by atoms with Crippen LogP contribution in [0, 0.1) is 13.8 Å². The van der Waals surface area contributed by atoms with E-state index in [9.17, 15) is 9.59 Å². The normalized spacial score (nSPS) is 13.1. The van der Waals surface area contributed by atoms with Gasteiger partial charge in [0.1, 0.15) is 0 Å². The van der Waals surface area contributed by atoms with Gasteiger partial charge >= 0.3 is 5.97 Å². The van der Waals surface area contributed by atoms with Crippen LogP contribution in [0.4, 0.5) is 5.69 Å². The van der Waals surface area contributed by atoms with E-state index in [-0.39, 0.29) is 12.5 Å². The van der Waals surface area contributed by atoms with Crippen molar-refractivity contribution in [1.82, 2.24) is 0 Å². The van der Waals surface area contributed by atoms with Crippen LogP contribution in [0.1, 0.15) is 23.1 Å². The summed E-state index contributed by atoms with van der Waals surface area (Å²) in [4.78, 5) is 23.9. The van der Waals surface area contributed by atoms with E-state index in [0.717, 1.165) is 23.1 Å². The highest BCUT2D eigenvalue weighted by Gasteiger charge is 2.11. The molecule has 146 valence electrons.